The summed E-state index contributed by atoms with van der Waals surface area (Å²) in [6, 6.07) is 19.6. The van der Waals surface area contributed by atoms with Gasteiger partial charge < -0.3 is 0 Å². The molecule has 4 rings (SSSR count). The lowest BCUT2D eigenvalue weighted by Crippen LogP contribution is -1.98. The maximum Gasteiger partial charge on any atom is 0.196 e. The number of nitrogens with zero attached hydrogens (tertiary/aromatic N) is 1. The standard InChI is InChI=1S/C18H11NO/c20-18-15-9-5-4-8-14(15)17-16(18)13(10-11-19-17)12-6-2-1-3-7-12/h1-11H. The molecule has 0 radical (unpaired) electrons. The number of pyridine rings is 1. The predicted molar refractivity (Wildman–Crippen MR) is 78.5 cm³/mol. The Morgan fingerprint density at radius 2 is 1.40 bits per heavy atom. The molecule has 0 atom stereocenters. The molecule has 1 aliphatic carbocycles. The third-order valence-electron chi connectivity index (χ3n) is 3.69. The first-order chi connectivity index (χ1) is 9.86. The largest absolute Gasteiger partial charge is 0.288 e. The zero-order valence-electron chi connectivity index (χ0n) is 10.7. The molecule has 94 valence electrons. The summed E-state index contributed by atoms with van der Waals surface area (Å²) in [6.45, 7) is 0. The predicted octanol–water partition coefficient (Wildman–Crippen LogP) is 3.96. The highest BCUT2D eigenvalue weighted by Gasteiger charge is 2.30. The summed E-state index contributed by atoms with van der Waals surface area (Å²) in [5, 5.41) is 0. The third-order valence-corrected chi connectivity index (χ3v) is 3.69. The first-order valence-corrected chi connectivity index (χ1v) is 6.55. The summed E-state index contributed by atoms with van der Waals surface area (Å²) in [5.74, 6) is 0.0718. The van der Waals surface area contributed by atoms with Crippen LogP contribution in [0.25, 0.3) is 22.4 Å². The van der Waals surface area contributed by atoms with E-state index in [2.05, 4.69) is 4.98 Å². The molecule has 2 aromatic carbocycles. The van der Waals surface area contributed by atoms with Crippen LogP contribution in [0.15, 0.2) is 66.9 Å². The molecule has 0 saturated carbocycles. The second kappa shape index (κ2) is 4.14. The second-order valence-electron chi connectivity index (χ2n) is 4.82. The van der Waals surface area contributed by atoms with Gasteiger partial charge in [-0.25, -0.2) is 0 Å². The van der Waals surface area contributed by atoms with Crippen molar-refractivity contribution < 1.29 is 4.79 Å². The first-order valence-electron chi connectivity index (χ1n) is 6.55. The van der Waals surface area contributed by atoms with Crippen LogP contribution < -0.4 is 0 Å². The highest BCUT2D eigenvalue weighted by atomic mass is 16.1. The van der Waals surface area contributed by atoms with Crippen molar-refractivity contribution in [2.24, 2.45) is 0 Å². The van der Waals surface area contributed by atoms with Gasteiger partial charge in [0.25, 0.3) is 0 Å². The lowest BCUT2D eigenvalue weighted by Gasteiger charge is -2.06. The summed E-state index contributed by atoms with van der Waals surface area (Å²) in [4.78, 5) is 17.1. The van der Waals surface area contributed by atoms with Crippen molar-refractivity contribution in [2.75, 3.05) is 0 Å². The van der Waals surface area contributed by atoms with Gasteiger partial charge in [-0.3, -0.25) is 9.78 Å². The Morgan fingerprint density at radius 1 is 0.700 bits per heavy atom. The van der Waals surface area contributed by atoms with Crippen LogP contribution in [0.2, 0.25) is 0 Å². The van der Waals surface area contributed by atoms with Crippen molar-refractivity contribution in [2.45, 2.75) is 0 Å². The Hall–Kier alpha value is -2.74. The Kier molecular flexibility index (Phi) is 2.30. The van der Waals surface area contributed by atoms with Crippen LogP contribution >= 0.6 is 0 Å². The molecule has 2 nitrogen and oxygen atoms in total. The molecular formula is C18H11NO. The number of aromatic nitrogens is 1. The second-order valence-corrected chi connectivity index (χ2v) is 4.82. The Bertz CT molecular complexity index is 822. The number of hydrogen-bond donors (Lipinski definition) is 0. The minimum atomic E-state index is 0.0718. The monoisotopic (exact) mass is 257 g/mol. The smallest absolute Gasteiger partial charge is 0.196 e. The fraction of sp³-hybridized carbons (Fsp3) is 0. The molecule has 0 saturated heterocycles. The van der Waals surface area contributed by atoms with Crippen LogP contribution in [0.1, 0.15) is 15.9 Å². The third kappa shape index (κ3) is 1.45. The van der Waals surface area contributed by atoms with Crippen molar-refractivity contribution in [3.63, 3.8) is 0 Å². The average molecular weight is 257 g/mol. The zero-order chi connectivity index (χ0) is 13.5. The van der Waals surface area contributed by atoms with Crippen molar-refractivity contribution in [3.8, 4) is 22.4 Å². The molecule has 0 aliphatic heterocycles. The molecule has 0 N–H and O–H groups in total. The Labute approximate surface area is 116 Å². The summed E-state index contributed by atoms with van der Waals surface area (Å²) >= 11 is 0. The number of ketones is 1. The Balaban J connectivity index is 2.03. The van der Waals surface area contributed by atoms with Crippen LogP contribution in [0.3, 0.4) is 0 Å². The van der Waals surface area contributed by atoms with Crippen LogP contribution in [0.4, 0.5) is 0 Å². The normalized spacial score (nSPS) is 12.1. The van der Waals surface area contributed by atoms with Gasteiger partial charge in [0.15, 0.2) is 5.78 Å². The van der Waals surface area contributed by atoms with E-state index in [0.717, 1.165) is 33.5 Å². The van der Waals surface area contributed by atoms with Gasteiger partial charge in [0, 0.05) is 17.3 Å². The van der Waals surface area contributed by atoms with Crippen LogP contribution in [0.5, 0.6) is 0 Å². The van der Waals surface area contributed by atoms with Gasteiger partial charge >= 0.3 is 0 Å². The first kappa shape index (κ1) is 11.1. The van der Waals surface area contributed by atoms with Gasteiger partial charge in [-0.2, -0.15) is 0 Å². The molecule has 20 heavy (non-hydrogen) atoms. The quantitative estimate of drug-likeness (QED) is 0.516. The van der Waals surface area contributed by atoms with Crippen molar-refractivity contribution in [1.29, 1.82) is 0 Å². The summed E-state index contributed by atoms with van der Waals surface area (Å²) < 4.78 is 0. The minimum Gasteiger partial charge on any atom is -0.288 e. The maximum atomic E-state index is 12.6. The number of carbonyl (C=O) groups is 1. The van der Waals surface area contributed by atoms with Gasteiger partial charge in [-0.15, -0.1) is 0 Å². The highest BCUT2D eigenvalue weighted by molar-refractivity contribution is 6.23. The Morgan fingerprint density at radius 3 is 2.20 bits per heavy atom. The molecule has 3 aromatic rings. The molecule has 2 heteroatoms. The molecule has 0 spiro atoms. The van der Waals surface area contributed by atoms with Crippen molar-refractivity contribution in [3.05, 3.63) is 78.0 Å². The molecule has 1 aliphatic rings. The van der Waals surface area contributed by atoms with E-state index in [9.17, 15) is 4.79 Å². The topological polar surface area (TPSA) is 30.0 Å². The molecule has 0 bridgehead atoms. The molecule has 1 heterocycles. The van der Waals surface area contributed by atoms with E-state index < -0.39 is 0 Å². The zero-order valence-corrected chi connectivity index (χ0v) is 10.7. The van der Waals surface area contributed by atoms with E-state index in [4.69, 9.17) is 0 Å². The van der Waals surface area contributed by atoms with E-state index in [1.54, 1.807) is 6.20 Å². The van der Waals surface area contributed by atoms with Crippen molar-refractivity contribution in [1.82, 2.24) is 4.98 Å². The maximum absolute atomic E-state index is 12.6. The lowest BCUT2D eigenvalue weighted by atomic mass is 9.98. The van der Waals surface area contributed by atoms with Crippen LogP contribution in [0, 0.1) is 0 Å². The van der Waals surface area contributed by atoms with Gasteiger partial charge in [-0.05, 0) is 17.2 Å². The number of carbonyl (C=O) groups excluding carboxylic acids is 1. The number of fused-ring (bicyclic) bond motifs is 3. The fourth-order valence-corrected chi connectivity index (χ4v) is 2.78. The molecular weight excluding hydrogens is 246 g/mol. The van der Waals surface area contributed by atoms with E-state index in [-0.39, 0.29) is 5.78 Å². The summed E-state index contributed by atoms with van der Waals surface area (Å²) in [7, 11) is 0. The fourth-order valence-electron chi connectivity index (χ4n) is 2.78. The van der Waals surface area contributed by atoms with Crippen LogP contribution in [-0.4, -0.2) is 10.8 Å². The van der Waals surface area contributed by atoms with E-state index in [0.29, 0.717) is 0 Å². The lowest BCUT2D eigenvalue weighted by molar-refractivity contribution is 0.104. The number of rotatable bonds is 1. The van der Waals surface area contributed by atoms with Crippen LogP contribution in [-0.2, 0) is 0 Å². The van der Waals surface area contributed by atoms with Gasteiger partial charge in [-0.1, -0.05) is 54.6 Å². The molecule has 0 amide bonds. The number of benzene rings is 2. The van der Waals surface area contributed by atoms with E-state index in [1.165, 1.54) is 0 Å². The SMILES string of the molecule is O=C1c2ccccc2-c2nccc(-c3ccccc3)c21. The van der Waals surface area contributed by atoms with E-state index in [1.807, 2.05) is 60.7 Å². The number of hydrogen-bond acceptors (Lipinski definition) is 2. The minimum absolute atomic E-state index is 0.0718. The molecule has 0 fully saturated rings. The van der Waals surface area contributed by atoms with Crippen molar-refractivity contribution >= 4 is 5.78 Å². The van der Waals surface area contributed by atoms with Gasteiger partial charge in [0.2, 0.25) is 0 Å². The van der Waals surface area contributed by atoms with Gasteiger partial charge in [0.05, 0.1) is 11.3 Å². The molecule has 0 unspecified atom stereocenters. The average Bonchev–Trinajstić information content (AvgIpc) is 2.82. The summed E-state index contributed by atoms with van der Waals surface area (Å²) in [5.41, 5.74) is 5.21. The van der Waals surface area contributed by atoms with Gasteiger partial charge in [0.1, 0.15) is 0 Å². The summed E-state index contributed by atoms with van der Waals surface area (Å²) in [6.07, 6.45) is 1.77. The van der Waals surface area contributed by atoms with E-state index >= 15 is 0 Å². The highest BCUT2D eigenvalue weighted by Crippen LogP contribution is 2.39. The molecule has 1 aromatic heterocycles.